The van der Waals surface area contributed by atoms with E-state index in [1.54, 1.807) is 25.1 Å². The van der Waals surface area contributed by atoms with Gasteiger partial charge in [0.25, 0.3) is 0 Å². The normalized spacial score (nSPS) is 11.9. The fraction of sp³-hybridized carbons (Fsp3) is 0.318. The number of halogens is 1. The molecule has 0 saturated carbocycles. The molecule has 0 bridgehead atoms. The Kier molecular flexibility index (Phi) is 7.87. The summed E-state index contributed by atoms with van der Waals surface area (Å²) in [6.07, 6.45) is 0. The van der Waals surface area contributed by atoms with E-state index in [0.717, 1.165) is 5.75 Å². The summed E-state index contributed by atoms with van der Waals surface area (Å²) in [5.41, 5.74) is 1.81. The standard InChI is InChI=1S/C22H26ClN5O3S/c1-13(2)15-5-8-17(9-6-15)31-12-20-26-27-22(28(20)24)32-14(3)21(29)25-16-7-10-19(30-4)18(23)11-16/h5-11,13-14H,12,24H2,1-4H3,(H,25,29). The van der Waals surface area contributed by atoms with Crippen molar-refractivity contribution in [3.8, 4) is 11.5 Å². The van der Waals surface area contributed by atoms with Crippen molar-refractivity contribution in [2.24, 2.45) is 0 Å². The Bertz CT molecular complexity index is 1070. The van der Waals surface area contributed by atoms with E-state index in [1.165, 1.54) is 29.1 Å². The van der Waals surface area contributed by atoms with Crippen LogP contribution in [0.3, 0.4) is 0 Å². The minimum absolute atomic E-state index is 0.163. The third-order valence-electron chi connectivity index (χ3n) is 4.72. The van der Waals surface area contributed by atoms with Gasteiger partial charge in [0, 0.05) is 5.69 Å². The zero-order valence-electron chi connectivity index (χ0n) is 18.3. The van der Waals surface area contributed by atoms with Crippen LogP contribution in [0.5, 0.6) is 11.5 Å². The van der Waals surface area contributed by atoms with Gasteiger partial charge in [-0.3, -0.25) is 4.79 Å². The average Bonchev–Trinajstić information content (AvgIpc) is 3.11. The smallest absolute Gasteiger partial charge is 0.237 e. The highest BCUT2D eigenvalue weighted by Crippen LogP contribution is 2.28. The Morgan fingerprint density at radius 2 is 1.91 bits per heavy atom. The van der Waals surface area contributed by atoms with Crippen LogP contribution in [0.1, 0.15) is 38.1 Å². The molecule has 2 aromatic carbocycles. The van der Waals surface area contributed by atoms with Crippen LogP contribution >= 0.6 is 23.4 Å². The van der Waals surface area contributed by atoms with E-state index in [1.807, 2.05) is 24.3 Å². The van der Waals surface area contributed by atoms with E-state index in [0.29, 0.717) is 33.4 Å². The third-order valence-corrected chi connectivity index (χ3v) is 6.07. The topological polar surface area (TPSA) is 104 Å². The number of amides is 1. The van der Waals surface area contributed by atoms with Crippen LogP contribution in [-0.2, 0) is 11.4 Å². The predicted molar refractivity (Wildman–Crippen MR) is 127 cm³/mol. The van der Waals surface area contributed by atoms with Gasteiger partial charge in [-0.15, -0.1) is 10.2 Å². The number of rotatable bonds is 9. The molecule has 0 spiro atoms. The summed E-state index contributed by atoms with van der Waals surface area (Å²) in [6, 6.07) is 12.9. The first-order valence-electron chi connectivity index (χ1n) is 10.0. The van der Waals surface area contributed by atoms with E-state index in [2.05, 4.69) is 29.4 Å². The van der Waals surface area contributed by atoms with E-state index in [4.69, 9.17) is 26.9 Å². The number of hydrogen-bond donors (Lipinski definition) is 2. The Balaban J connectivity index is 1.57. The lowest BCUT2D eigenvalue weighted by molar-refractivity contribution is -0.115. The van der Waals surface area contributed by atoms with Gasteiger partial charge in [-0.1, -0.05) is 49.3 Å². The molecule has 1 atom stereocenters. The summed E-state index contributed by atoms with van der Waals surface area (Å²) < 4.78 is 12.2. The summed E-state index contributed by atoms with van der Waals surface area (Å²) in [5, 5.41) is 11.3. The SMILES string of the molecule is COc1ccc(NC(=O)C(C)Sc2nnc(COc3ccc(C(C)C)cc3)n2N)cc1Cl. The van der Waals surface area contributed by atoms with Gasteiger partial charge >= 0.3 is 0 Å². The number of thioether (sulfide) groups is 1. The van der Waals surface area contributed by atoms with Crippen molar-refractivity contribution in [2.45, 2.75) is 43.7 Å². The van der Waals surface area contributed by atoms with Gasteiger partial charge in [0.05, 0.1) is 17.4 Å². The second-order valence-electron chi connectivity index (χ2n) is 7.38. The second kappa shape index (κ2) is 10.6. The quantitative estimate of drug-likeness (QED) is 0.347. The van der Waals surface area contributed by atoms with Crippen LogP contribution in [0.4, 0.5) is 5.69 Å². The van der Waals surface area contributed by atoms with Crippen molar-refractivity contribution >= 4 is 35.0 Å². The molecule has 0 aliphatic rings. The molecule has 3 aromatic rings. The maximum absolute atomic E-state index is 12.6. The lowest BCUT2D eigenvalue weighted by Crippen LogP contribution is -2.24. The third kappa shape index (κ3) is 5.86. The maximum atomic E-state index is 12.6. The molecule has 0 aliphatic heterocycles. The number of carbonyl (C=O) groups excluding carboxylic acids is 1. The fourth-order valence-corrected chi connectivity index (χ4v) is 3.83. The number of nitrogens with two attached hydrogens (primary N) is 1. The van der Waals surface area contributed by atoms with E-state index in [-0.39, 0.29) is 12.5 Å². The van der Waals surface area contributed by atoms with Crippen molar-refractivity contribution in [3.05, 3.63) is 58.9 Å². The summed E-state index contributed by atoms with van der Waals surface area (Å²) in [7, 11) is 1.53. The van der Waals surface area contributed by atoms with Crippen LogP contribution < -0.4 is 20.6 Å². The Morgan fingerprint density at radius 3 is 2.53 bits per heavy atom. The minimum atomic E-state index is -0.472. The highest BCUT2D eigenvalue weighted by molar-refractivity contribution is 8.00. The highest BCUT2D eigenvalue weighted by Gasteiger charge is 2.20. The summed E-state index contributed by atoms with van der Waals surface area (Å²) in [6.45, 7) is 6.20. The minimum Gasteiger partial charge on any atom is -0.495 e. The zero-order chi connectivity index (χ0) is 23.3. The van der Waals surface area contributed by atoms with E-state index < -0.39 is 5.25 Å². The van der Waals surface area contributed by atoms with Gasteiger partial charge in [-0.05, 0) is 48.7 Å². The van der Waals surface area contributed by atoms with Crippen molar-refractivity contribution in [2.75, 3.05) is 18.3 Å². The molecule has 0 fully saturated rings. The van der Waals surface area contributed by atoms with Crippen LogP contribution in [0.15, 0.2) is 47.6 Å². The monoisotopic (exact) mass is 475 g/mol. The average molecular weight is 476 g/mol. The Hall–Kier alpha value is -2.91. The largest absolute Gasteiger partial charge is 0.495 e. The van der Waals surface area contributed by atoms with Crippen molar-refractivity contribution in [1.82, 2.24) is 14.9 Å². The molecule has 170 valence electrons. The summed E-state index contributed by atoms with van der Waals surface area (Å²) in [4.78, 5) is 12.6. The molecular formula is C22H26ClN5O3S. The maximum Gasteiger partial charge on any atom is 0.237 e. The van der Waals surface area contributed by atoms with Crippen LogP contribution in [0.2, 0.25) is 5.02 Å². The first-order chi connectivity index (χ1) is 15.3. The zero-order valence-corrected chi connectivity index (χ0v) is 19.9. The van der Waals surface area contributed by atoms with Gasteiger partial charge in [-0.2, -0.15) is 0 Å². The molecule has 1 amide bonds. The van der Waals surface area contributed by atoms with Crippen LogP contribution in [0, 0.1) is 0 Å². The molecule has 1 heterocycles. The van der Waals surface area contributed by atoms with Gasteiger partial charge < -0.3 is 20.6 Å². The molecule has 1 aromatic heterocycles. The number of nitrogens with zero attached hydrogens (tertiary/aromatic N) is 3. The molecule has 1 unspecified atom stereocenters. The number of methoxy groups -OCH3 is 1. The fourth-order valence-electron chi connectivity index (χ4n) is 2.78. The number of anilines is 1. The number of nitrogen functional groups attached to an aromatic ring is 1. The van der Waals surface area contributed by atoms with Crippen LogP contribution in [-0.4, -0.2) is 33.1 Å². The number of carbonyl (C=O) groups is 1. The molecule has 3 N–H and O–H groups in total. The van der Waals surface area contributed by atoms with Gasteiger partial charge in [-0.25, -0.2) is 4.68 Å². The Labute approximate surface area is 196 Å². The lowest BCUT2D eigenvalue weighted by Gasteiger charge is -2.12. The number of hydrogen-bond acceptors (Lipinski definition) is 7. The molecular weight excluding hydrogens is 450 g/mol. The number of aromatic nitrogens is 3. The second-order valence-corrected chi connectivity index (χ2v) is 9.10. The molecule has 10 heteroatoms. The number of nitrogens with one attached hydrogen (secondary N) is 1. The summed E-state index contributed by atoms with van der Waals surface area (Å²) in [5.74, 6) is 8.06. The van der Waals surface area contributed by atoms with Crippen LogP contribution in [0.25, 0.3) is 0 Å². The predicted octanol–water partition coefficient (Wildman–Crippen LogP) is 4.48. The van der Waals surface area contributed by atoms with E-state index >= 15 is 0 Å². The number of ether oxygens (including phenoxy) is 2. The molecule has 8 nitrogen and oxygen atoms in total. The number of benzene rings is 2. The Morgan fingerprint density at radius 1 is 1.19 bits per heavy atom. The molecule has 3 rings (SSSR count). The first kappa shape index (κ1) is 23.7. The van der Waals surface area contributed by atoms with Crippen molar-refractivity contribution in [3.63, 3.8) is 0 Å². The van der Waals surface area contributed by atoms with E-state index in [9.17, 15) is 4.79 Å². The summed E-state index contributed by atoms with van der Waals surface area (Å²) >= 11 is 7.31. The molecule has 32 heavy (non-hydrogen) atoms. The molecule has 0 radical (unpaired) electrons. The van der Waals surface area contributed by atoms with Crippen molar-refractivity contribution < 1.29 is 14.3 Å². The van der Waals surface area contributed by atoms with Crippen molar-refractivity contribution in [1.29, 1.82) is 0 Å². The van der Waals surface area contributed by atoms with Gasteiger partial charge in [0.1, 0.15) is 18.1 Å². The lowest BCUT2D eigenvalue weighted by atomic mass is 10.0. The molecule has 0 saturated heterocycles. The van der Waals surface area contributed by atoms with Gasteiger partial charge in [0.2, 0.25) is 11.1 Å². The van der Waals surface area contributed by atoms with Gasteiger partial charge in [0.15, 0.2) is 5.82 Å². The first-order valence-corrected chi connectivity index (χ1v) is 11.3. The molecule has 0 aliphatic carbocycles. The highest BCUT2D eigenvalue weighted by atomic mass is 35.5.